The normalized spacial score (nSPS) is 11.4. The van der Waals surface area contributed by atoms with Crippen LogP contribution in [0.3, 0.4) is 0 Å². The Bertz CT molecular complexity index is 521. The molecule has 0 amide bonds. The molecule has 0 aliphatic heterocycles. The molecule has 0 atom stereocenters. The van der Waals surface area contributed by atoms with Crippen molar-refractivity contribution in [3.05, 3.63) is 17.5 Å². The van der Waals surface area contributed by atoms with Gasteiger partial charge in [0, 0.05) is 24.4 Å². The molecule has 0 unspecified atom stereocenters. The molecular weight excluding hydrogens is 214 g/mol. The number of hydrogen-bond donors (Lipinski definition) is 2. The Hall–Kier alpha value is -1.78. The second-order valence-corrected chi connectivity index (χ2v) is 4.86. The van der Waals surface area contributed by atoms with Crippen LogP contribution in [0.15, 0.2) is 6.20 Å². The number of aromatic amines is 1. The Morgan fingerprint density at radius 2 is 2.18 bits per heavy atom. The Labute approximate surface area is 101 Å². The topological polar surface area (TPSA) is 72.5 Å². The summed E-state index contributed by atoms with van der Waals surface area (Å²) >= 11 is 0. The van der Waals surface area contributed by atoms with Crippen LogP contribution in [0.5, 0.6) is 0 Å². The fourth-order valence-electron chi connectivity index (χ4n) is 2.06. The highest BCUT2D eigenvalue weighted by Crippen LogP contribution is 2.29. The van der Waals surface area contributed by atoms with Crippen LogP contribution in [0.25, 0.3) is 11.3 Å². The first kappa shape index (κ1) is 11.7. The smallest absolute Gasteiger partial charge is 0.149 e. The summed E-state index contributed by atoms with van der Waals surface area (Å²) in [6.45, 7) is 6.34. The van der Waals surface area contributed by atoms with Crippen molar-refractivity contribution in [2.24, 2.45) is 13.0 Å². The molecule has 2 heterocycles. The molecule has 0 aliphatic rings. The highest BCUT2D eigenvalue weighted by Gasteiger charge is 2.17. The number of aromatic nitrogens is 4. The molecule has 0 radical (unpaired) electrons. The highest BCUT2D eigenvalue weighted by atomic mass is 15.3. The van der Waals surface area contributed by atoms with Crippen molar-refractivity contribution in [2.75, 3.05) is 5.73 Å². The van der Waals surface area contributed by atoms with Crippen LogP contribution in [-0.4, -0.2) is 20.0 Å². The van der Waals surface area contributed by atoms with Gasteiger partial charge in [-0.2, -0.15) is 10.2 Å². The number of nitrogens with two attached hydrogens (primary N) is 1. The van der Waals surface area contributed by atoms with Crippen LogP contribution >= 0.6 is 0 Å². The molecule has 2 aromatic heterocycles. The summed E-state index contributed by atoms with van der Waals surface area (Å²) in [5.74, 6) is 1.14. The van der Waals surface area contributed by atoms with Gasteiger partial charge in [0.05, 0.1) is 11.4 Å². The fourth-order valence-corrected chi connectivity index (χ4v) is 2.06. The standard InChI is InChI=1S/C12H19N5/c1-7(2)5-9-11(14-15-12(9)13)10-6-17(4)16-8(10)3/h6-7H,5H2,1-4H3,(H3,13,14,15). The Balaban J connectivity index is 2.48. The summed E-state index contributed by atoms with van der Waals surface area (Å²) in [5, 5.41) is 11.5. The molecule has 92 valence electrons. The summed E-state index contributed by atoms with van der Waals surface area (Å²) in [6, 6.07) is 0. The highest BCUT2D eigenvalue weighted by molar-refractivity contribution is 5.69. The minimum atomic E-state index is 0.547. The number of rotatable bonds is 3. The van der Waals surface area contributed by atoms with Crippen molar-refractivity contribution in [1.82, 2.24) is 20.0 Å². The van der Waals surface area contributed by atoms with Crippen molar-refractivity contribution >= 4 is 5.82 Å². The van der Waals surface area contributed by atoms with Gasteiger partial charge >= 0.3 is 0 Å². The van der Waals surface area contributed by atoms with Crippen LogP contribution in [0, 0.1) is 12.8 Å². The van der Waals surface area contributed by atoms with E-state index in [-0.39, 0.29) is 0 Å². The summed E-state index contributed by atoms with van der Waals surface area (Å²) in [6.07, 6.45) is 2.91. The van der Waals surface area contributed by atoms with Gasteiger partial charge in [-0.05, 0) is 19.3 Å². The Morgan fingerprint density at radius 1 is 1.47 bits per heavy atom. The molecule has 0 aliphatic carbocycles. The van der Waals surface area contributed by atoms with E-state index in [9.17, 15) is 0 Å². The van der Waals surface area contributed by atoms with Gasteiger partial charge in [0.2, 0.25) is 0 Å². The van der Waals surface area contributed by atoms with Gasteiger partial charge in [-0.3, -0.25) is 9.78 Å². The number of nitrogens with zero attached hydrogens (tertiary/aromatic N) is 3. The largest absolute Gasteiger partial charge is 0.382 e. The predicted molar refractivity (Wildman–Crippen MR) is 68.5 cm³/mol. The molecule has 0 fully saturated rings. The first-order chi connectivity index (χ1) is 7.99. The van der Waals surface area contributed by atoms with Crippen LogP contribution in [0.4, 0.5) is 5.82 Å². The zero-order valence-electron chi connectivity index (χ0n) is 10.8. The van der Waals surface area contributed by atoms with E-state index in [0.29, 0.717) is 11.7 Å². The van der Waals surface area contributed by atoms with Gasteiger partial charge in [-0.15, -0.1) is 0 Å². The lowest BCUT2D eigenvalue weighted by Gasteiger charge is -2.06. The molecule has 0 spiro atoms. The van der Waals surface area contributed by atoms with E-state index in [1.54, 1.807) is 4.68 Å². The van der Waals surface area contributed by atoms with Crippen molar-refractivity contribution < 1.29 is 0 Å². The zero-order valence-corrected chi connectivity index (χ0v) is 10.8. The first-order valence-electron chi connectivity index (χ1n) is 5.82. The summed E-state index contributed by atoms with van der Waals surface area (Å²) in [5.41, 5.74) is 10.1. The number of nitrogen functional groups attached to an aromatic ring is 1. The summed E-state index contributed by atoms with van der Waals surface area (Å²) in [4.78, 5) is 0. The van der Waals surface area contributed by atoms with E-state index in [0.717, 1.165) is 28.9 Å². The number of hydrogen-bond acceptors (Lipinski definition) is 3. The van der Waals surface area contributed by atoms with E-state index in [2.05, 4.69) is 29.1 Å². The minimum Gasteiger partial charge on any atom is -0.382 e. The Kier molecular flexibility index (Phi) is 2.92. The van der Waals surface area contributed by atoms with Crippen molar-refractivity contribution in [1.29, 1.82) is 0 Å². The van der Waals surface area contributed by atoms with Crippen LogP contribution in [0.2, 0.25) is 0 Å². The molecule has 5 nitrogen and oxygen atoms in total. The molecule has 3 N–H and O–H groups in total. The summed E-state index contributed by atoms with van der Waals surface area (Å²) < 4.78 is 1.81. The first-order valence-corrected chi connectivity index (χ1v) is 5.82. The van der Waals surface area contributed by atoms with E-state index < -0.39 is 0 Å². The van der Waals surface area contributed by atoms with Crippen LogP contribution in [-0.2, 0) is 13.5 Å². The summed E-state index contributed by atoms with van der Waals surface area (Å²) in [7, 11) is 1.92. The third kappa shape index (κ3) is 2.18. The fraction of sp³-hybridized carbons (Fsp3) is 0.500. The maximum Gasteiger partial charge on any atom is 0.149 e. The van der Waals surface area contributed by atoms with E-state index in [4.69, 9.17) is 5.73 Å². The van der Waals surface area contributed by atoms with Crippen molar-refractivity contribution in [3.63, 3.8) is 0 Å². The lowest BCUT2D eigenvalue weighted by molar-refractivity contribution is 0.649. The molecule has 5 heteroatoms. The Morgan fingerprint density at radius 3 is 2.71 bits per heavy atom. The second kappa shape index (κ2) is 4.24. The van der Waals surface area contributed by atoms with Gasteiger partial charge in [0.15, 0.2) is 0 Å². The SMILES string of the molecule is Cc1nn(C)cc1-c1[nH]nc(N)c1CC(C)C. The number of anilines is 1. The number of H-pyrrole nitrogens is 1. The van der Waals surface area contributed by atoms with E-state index >= 15 is 0 Å². The molecule has 0 bridgehead atoms. The molecule has 2 rings (SSSR count). The van der Waals surface area contributed by atoms with Gasteiger partial charge in [0.25, 0.3) is 0 Å². The third-order valence-electron chi connectivity index (χ3n) is 2.79. The van der Waals surface area contributed by atoms with Crippen molar-refractivity contribution in [3.8, 4) is 11.3 Å². The predicted octanol–water partition coefficient (Wildman–Crippen LogP) is 1.90. The minimum absolute atomic E-state index is 0.547. The van der Waals surface area contributed by atoms with Gasteiger partial charge in [-0.1, -0.05) is 13.8 Å². The average Bonchev–Trinajstić information content (AvgIpc) is 2.71. The lowest BCUT2D eigenvalue weighted by atomic mass is 9.99. The quantitative estimate of drug-likeness (QED) is 0.850. The number of aryl methyl sites for hydroxylation is 2. The average molecular weight is 233 g/mol. The molecule has 0 saturated heterocycles. The molecular formula is C12H19N5. The maximum atomic E-state index is 5.91. The van der Waals surface area contributed by atoms with Crippen LogP contribution in [0.1, 0.15) is 25.1 Å². The lowest BCUT2D eigenvalue weighted by Crippen LogP contribution is -1.99. The van der Waals surface area contributed by atoms with Crippen molar-refractivity contribution in [2.45, 2.75) is 27.2 Å². The molecule has 17 heavy (non-hydrogen) atoms. The zero-order chi connectivity index (χ0) is 12.6. The third-order valence-corrected chi connectivity index (χ3v) is 2.79. The van der Waals surface area contributed by atoms with Gasteiger partial charge in [0.1, 0.15) is 5.82 Å². The molecule has 0 saturated carbocycles. The maximum absolute atomic E-state index is 5.91. The van der Waals surface area contributed by atoms with Crippen LogP contribution < -0.4 is 5.73 Å². The monoisotopic (exact) mass is 233 g/mol. The van der Waals surface area contributed by atoms with E-state index in [1.165, 1.54) is 0 Å². The molecule has 0 aromatic carbocycles. The van der Waals surface area contributed by atoms with Gasteiger partial charge < -0.3 is 5.73 Å². The van der Waals surface area contributed by atoms with Gasteiger partial charge in [-0.25, -0.2) is 0 Å². The van der Waals surface area contributed by atoms with E-state index in [1.807, 2.05) is 20.2 Å². The molecule has 2 aromatic rings. The number of nitrogens with one attached hydrogen (secondary N) is 1. The second-order valence-electron chi connectivity index (χ2n) is 4.86.